The highest BCUT2D eigenvalue weighted by Gasteiger charge is 2.03. The van der Waals surface area contributed by atoms with Gasteiger partial charge >= 0.3 is 5.97 Å². The van der Waals surface area contributed by atoms with Crippen LogP contribution >= 0.6 is 0 Å². The molecule has 1 rings (SSSR count). The van der Waals surface area contributed by atoms with Gasteiger partial charge in [-0.2, -0.15) is 0 Å². The van der Waals surface area contributed by atoms with Crippen molar-refractivity contribution in [2.24, 2.45) is 0 Å². The van der Waals surface area contributed by atoms with Gasteiger partial charge in [0.25, 0.3) is 0 Å². The first-order valence-electron chi connectivity index (χ1n) is 5.05. The number of nitrogens with one attached hydrogen (secondary N) is 1. The Bertz CT molecular complexity index is 483. The first kappa shape index (κ1) is 12.8. The van der Waals surface area contributed by atoms with Gasteiger partial charge in [0.2, 0.25) is 5.91 Å². The summed E-state index contributed by atoms with van der Waals surface area (Å²) < 4.78 is 4.60. The molecule has 1 aromatic carbocycles. The van der Waals surface area contributed by atoms with Crippen LogP contribution in [0.4, 0.5) is 0 Å². The Morgan fingerprint density at radius 1 is 1.41 bits per heavy atom. The van der Waals surface area contributed by atoms with Crippen LogP contribution < -0.4 is 5.32 Å². The summed E-state index contributed by atoms with van der Waals surface area (Å²) in [4.78, 5) is 21.9. The number of ether oxygens (including phenoxy) is 1. The number of carbonyl (C=O) groups is 2. The van der Waals surface area contributed by atoms with Crippen molar-refractivity contribution in [1.29, 1.82) is 0 Å². The van der Waals surface area contributed by atoms with Crippen LogP contribution in [0, 0.1) is 11.8 Å². The third-order valence-electron chi connectivity index (χ3n) is 1.94. The molecular weight excluding hydrogens is 218 g/mol. The van der Waals surface area contributed by atoms with E-state index >= 15 is 0 Å². The molecule has 0 aliphatic carbocycles. The van der Waals surface area contributed by atoms with Crippen LogP contribution in [0.5, 0.6) is 0 Å². The highest BCUT2D eigenvalue weighted by Crippen LogP contribution is 2.05. The Hall–Kier alpha value is -2.28. The SMILES string of the molecule is COC(=O)c1cccc(C#CCNC(C)=O)c1. The van der Waals surface area contributed by atoms with Crippen molar-refractivity contribution in [2.45, 2.75) is 6.92 Å². The fourth-order valence-electron chi connectivity index (χ4n) is 1.16. The maximum Gasteiger partial charge on any atom is 0.337 e. The zero-order valence-corrected chi connectivity index (χ0v) is 9.74. The molecule has 0 aromatic heterocycles. The molecule has 0 aliphatic rings. The minimum Gasteiger partial charge on any atom is -0.465 e. The first-order valence-corrected chi connectivity index (χ1v) is 5.05. The van der Waals surface area contributed by atoms with Crippen molar-refractivity contribution in [3.05, 3.63) is 35.4 Å². The van der Waals surface area contributed by atoms with E-state index in [0.29, 0.717) is 11.1 Å². The second-order valence-corrected chi connectivity index (χ2v) is 3.28. The Labute approximate surface area is 100.0 Å². The molecule has 0 saturated carbocycles. The molecule has 1 aromatic rings. The van der Waals surface area contributed by atoms with E-state index in [9.17, 15) is 9.59 Å². The molecule has 17 heavy (non-hydrogen) atoms. The number of carbonyl (C=O) groups excluding carboxylic acids is 2. The van der Waals surface area contributed by atoms with Crippen LogP contribution in [-0.2, 0) is 9.53 Å². The Kier molecular flexibility index (Phi) is 4.77. The predicted molar refractivity (Wildman–Crippen MR) is 63.3 cm³/mol. The zero-order valence-electron chi connectivity index (χ0n) is 9.74. The number of hydrogen-bond donors (Lipinski definition) is 1. The Balaban J connectivity index is 2.71. The van der Waals surface area contributed by atoms with Crippen molar-refractivity contribution in [3.8, 4) is 11.8 Å². The van der Waals surface area contributed by atoms with Gasteiger partial charge in [0.15, 0.2) is 0 Å². The molecule has 1 amide bonds. The third kappa shape index (κ3) is 4.39. The number of hydrogen-bond acceptors (Lipinski definition) is 3. The maximum absolute atomic E-state index is 11.3. The molecule has 0 radical (unpaired) electrons. The second-order valence-electron chi connectivity index (χ2n) is 3.28. The Morgan fingerprint density at radius 3 is 2.82 bits per heavy atom. The van der Waals surface area contributed by atoms with Gasteiger partial charge < -0.3 is 10.1 Å². The Morgan fingerprint density at radius 2 is 2.18 bits per heavy atom. The van der Waals surface area contributed by atoms with E-state index in [1.807, 2.05) is 0 Å². The lowest BCUT2D eigenvalue weighted by atomic mass is 10.1. The number of amides is 1. The topological polar surface area (TPSA) is 55.4 Å². The molecule has 0 unspecified atom stereocenters. The lowest BCUT2D eigenvalue weighted by molar-refractivity contribution is -0.118. The van der Waals surface area contributed by atoms with Gasteiger partial charge in [-0.25, -0.2) is 4.79 Å². The largest absolute Gasteiger partial charge is 0.465 e. The molecule has 4 heteroatoms. The molecule has 0 fully saturated rings. The minimum absolute atomic E-state index is 0.123. The van der Waals surface area contributed by atoms with E-state index in [4.69, 9.17) is 0 Å². The van der Waals surface area contributed by atoms with Crippen LogP contribution in [-0.4, -0.2) is 25.5 Å². The number of esters is 1. The van der Waals surface area contributed by atoms with Gasteiger partial charge in [-0.3, -0.25) is 4.79 Å². The standard InChI is InChI=1S/C13H13NO3/c1-10(15)14-8-4-6-11-5-3-7-12(9-11)13(16)17-2/h3,5,7,9H,8H2,1-2H3,(H,14,15). The van der Waals surface area contributed by atoms with Gasteiger partial charge in [-0.1, -0.05) is 17.9 Å². The lowest BCUT2D eigenvalue weighted by Crippen LogP contribution is -2.19. The van der Waals surface area contributed by atoms with E-state index in [0.717, 1.165) is 0 Å². The van der Waals surface area contributed by atoms with Crippen molar-refractivity contribution in [1.82, 2.24) is 5.32 Å². The molecule has 4 nitrogen and oxygen atoms in total. The quantitative estimate of drug-likeness (QED) is 0.609. The van der Waals surface area contributed by atoms with Crippen LogP contribution in [0.25, 0.3) is 0 Å². The summed E-state index contributed by atoms with van der Waals surface area (Å²) in [6.45, 7) is 1.72. The van der Waals surface area contributed by atoms with E-state index in [1.54, 1.807) is 24.3 Å². The molecule has 0 bridgehead atoms. The molecule has 1 N–H and O–H groups in total. The number of methoxy groups -OCH3 is 1. The summed E-state index contributed by atoms with van der Waals surface area (Å²) in [5.41, 5.74) is 1.16. The summed E-state index contributed by atoms with van der Waals surface area (Å²) in [5, 5.41) is 2.56. The van der Waals surface area contributed by atoms with Gasteiger partial charge in [0, 0.05) is 12.5 Å². The molecule has 0 spiro atoms. The van der Waals surface area contributed by atoms with Crippen LogP contribution in [0.2, 0.25) is 0 Å². The van der Waals surface area contributed by atoms with Gasteiger partial charge in [0.1, 0.15) is 0 Å². The monoisotopic (exact) mass is 231 g/mol. The van der Waals surface area contributed by atoms with Crippen molar-refractivity contribution >= 4 is 11.9 Å². The highest BCUT2D eigenvalue weighted by molar-refractivity contribution is 5.89. The van der Waals surface area contributed by atoms with E-state index < -0.39 is 5.97 Å². The van der Waals surface area contributed by atoms with Crippen LogP contribution in [0.3, 0.4) is 0 Å². The minimum atomic E-state index is -0.393. The van der Waals surface area contributed by atoms with Crippen LogP contribution in [0.15, 0.2) is 24.3 Å². The fourth-order valence-corrected chi connectivity index (χ4v) is 1.16. The first-order chi connectivity index (χ1) is 8.13. The molecule has 0 saturated heterocycles. The average Bonchev–Trinajstić information content (AvgIpc) is 2.34. The van der Waals surface area contributed by atoms with E-state index in [-0.39, 0.29) is 12.5 Å². The molecule has 88 valence electrons. The normalized spacial score (nSPS) is 8.82. The molecule has 0 atom stereocenters. The predicted octanol–water partition coefficient (Wildman–Crippen LogP) is 0.961. The highest BCUT2D eigenvalue weighted by atomic mass is 16.5. The summed E-state index contributed by atoms with van der Waals surface area (Å²) in [6.07, 6.45) is 0. The summed E-state index contributed by atoms with van der Waals surface area (Å²) in [5.74, 6) is 5.11. The van der Waals surface area contributed by atoms with Crippen molar-refractivity contribution in [2.75, 3.05) is 13.7 Å². The molecule has 0 aliphatic heterocycles. The summed E-state index contributed by atoms with van der Waals surface area (Å²) in [6, 6.07) is 6.82. The lowest BCUT2D eigenvalue weighted by Gasteiger charge is -1.98. The molecular formula is C13H13NO3. The fraction of sp³-hybridized carbons (Fsp3) is 0.231. The summed E-state index contributed by atoms with van der Waals surface area (Å²) >= 11 is 0. The van der Waals surface area contributed by atoms with Crippen molar-refractivity contribution in [3.63, 3.8) is 0 Å². The van der Waals surface area contributed by atoms with Gasteiger partial charge in [-0.05, 0) is 18.2 Å². The van der Waals surface area contributed by atoms with Gasteiger partial charge in [-0.15, -0.1) is 0 Å². The van der Waals surface area contributed by atoms with E-state index in [1.165, 1.54) is 14.0 Å². The molecule has 0 heterocycles. The van der Waals surface area contributed by atoms with Gasteiger partial charge in [0.05, 0.1) is 19.2 Å². The number of rotatable bonds is 2. The zero-order chi connectivity index (χ0) is 12.7. The third-order valence-corrected chi connectivity index (χ3v) is 1.94. The second kappa shape index (κ2) is 6.33. The van der Waals surface area contributed by atoms with Crippen molar-refractivity contribution < 1.29 is 14.3 Å². The van der Waals surface area contributed by atoms with Crippen LogP contribution in [0.1, 0.15) is 22.8 Å². The smallest absolute Gasteiger partial charge is 0.337 e. The number of benzene rings is 1. The average molecular weight is 231 g/mol. The van der Waals surface area contributed by atoms with E-state index in [2.05, 4.69) is 21.9 Å². The maximum atomic E-state index is 11.3. The summed E-state index contributed by atoms with van der Waals surface area (Å²) in [7, 11) is 1.33.